The van der Waals surface area contributed by atoms with Crippen LogP contribution >= 0.6 is 0 Å². The summed E-state index contributed by atoms with van der Waals surface area (Å²) in [5.74, 6) is 0. The first kappa shape index (κ1) is 10.9. The fourth-order valence-electron chi connectivity index (χ4n) is 0.861. The summed E-state index contributed by atoms with van der Waals surface area (Å²) < 4.78 is 25.4. The Morgan fingerprint density at radius 1 is 1.50 bits per heavy atom. The van der Waals surface area contributed by atoms with Crippen LogP contribution in [-0.4, -0.2) is 19.9 Å². The van der Waals surface area contributed by atoms with E-state index < -0.39 is 10.0 Å². The quantitative estimate of drug-likeness (QED) is 0.759. The molecule has 0 aliphatic heterocycles. The zero-order chi connectivity index (χ0) is 10.6. The largest absolute Gasteiger partial charge is 0.397 e. The summed E-state index contributed by atoms with van der Waals surface area (Å²) >= 11 is 0. The van der Waals surface area contributed by atoms with Gasteiger partial charge in [-0.25, -0.2) is 18.1 Å². The van der Waals surface area contributed by atoms with E-state index in [0.717, 1.165) is 6.42 Å². The number of pyridine rings is 1. The van der Waals surface area contributed by atoms with Crippen LogP contribution in [0.2, 0.25) is 0 Å². The molecule has 0 aliphatic rings. The number of nitrogens with one attached hydrogen (secondary N) is 1. The second-order valence-electron chi connectivity index (χ2n) is 2.83. The number of nitrogens with zero attached hydrogens (tertiary/aromatic N) is 1. The Labute approximate surface area is 83.4 Å². The van der Waals surface area contributed by atoms with E-state index in [4.69, 9.17) is 5.73 Å². The van der Waals surface area contributed by atoms with Crippen molar-refractivity contribution in [2.45, 2.75) is 18.4 Å². The number of hydrogen-bond donors (Lipinski definition) is 2. The second kappa shape index (κ2) is 4.39. The van der Waals surface area contributed by atoms with Crippen molar-refractivity contribution in [3.63, 3.8) is 0 Å². The highest BCUT2D eigenvalue weighted by Crippen LogP contribution is 2.06. The highest BCUT2D eigenvalue weighted by atomic mass is 32.2. The molecule has 0 unspecified atom stereocenters. The van der Waals surface area contributed by atoms with Crippen molar-refractivity contribution >= 4 is 15.7 Å². The van der Waals surface area contributed by atoms with Gasteiger partial charge in [-0.2, -0.15) is 0 Å². The van der Waals surface area contributed by atoms with Crippen LogP contribution in [0.15, 0.2) is 23.4 Å². The van der Waals surface area contributed by atoms with E-state index >= 15 is 0 Å². The Hall–Kier alpha value is -1.14. The van der Waals surface area contributed by atoms with Crippen LogP contribution in [0.5, 0.6) is 0 Å². The van der Waals surface area contributed by atoms with Crippen LogP contribution in [0.25, 0.3) is 0 Å². The lowest BCUT2D eigenvalue weighted by atomic mass is 10.4. The van der Waals surface area contributed by atoms with Gasteiger partial charge in [0.1, 0.15) is 0 Å². The standard InChI is InChI=1S/C8H13N3O2S/c1-2-5-11-14(12,13)8-4-3-7(9)6-10-8/h3-4,6,11H,2,5,9H2,1H3. The van der Waals surface area contributed by atoms with E-state index in [1.807, 2.05) is 6.92 Å². The number of nitrogen functional groups attached to an aromatic ring is 1. The lowest BCUT2D eigenvalue weighted by Gasteiger charge is -2.04. The highest BCUT2D eigenvalue weighted by molar-refractivity contribution is 7.89. The number of hydrogen-bond acceptors (Lipinski definition) is 4. The van der Waals surface area contributed by atoms with Gasteiger partial charge in [-0.15, -0.1) is 0 Å². The van der Waals surface area contributed by atoms with Crippen LogP contribution < -0.4 is 10.5 Å². The Morgan fingerprint density at radius 2 is 2.21 bits per heavy atom. The summed E-state index contributed by atoms with van der Waals surface area (Å²) in [7, 11) is -3.46. The topological polar surface area (TPSA) is 85.1 Å². The van der Waals surface area contributed by atoms with E-state index in [0.29, 0.717) is 12.2 Å². The SMILES string of the molecule is CCCNS(=O)(=O)c1ccc(N)cn1. The van der Waals surface area contributed by atoms with E-state index in [1.165, 1.54) is 18.3 Å². The minimum Gasteiger partial charge on any atom is -0.397 e. The fourth-order valence-corrected chi connectivity index (χ4v) is 1.92. The lowest BCUT2D eigenvalue weighted by molar-refractivity contribution is 0.577. The molecule has 0 atom stereocenters. The maximum Gasteiger partial charge on any atom is 0.258 e. The van der Waals surface area contributed by atoms with Gasteiger partial charge in [0.25, 0.3) is 10.0 Å². The summed E-state index contributed by atoms with van der Waals surface area (Å²) in [6.45, 7) is 2.30. The monoisotopic (exact) mass is 215 g/mol. The number of rotatable bonds is 4. The van der Waals surface area contributed by atoms with Gasteiger partial charge in [0.2, 0.25) is 0 Å². The van der Waals surface area contributed by atoms with Crippen molar-refractivity contribution in [1.82, 2.24) is 9.71 Å². The molecule has 1 aromatic heterocycles. The molecule has 0 aliphatic carbocycles. The van der Waals surface area contributed by atoms with Gasteiger partial charge in [0, 0.05) is 6.54 Å². The van der Waals surface area contributed by atoms with E-state index in [9.17, 15) is 8.42 Å². The summed E-state index contributed by atoms with van der Waals surface area (Å²) in [6, 6.07) is 2.89. The average molecular weight is 215 g/mol. The lowest BCUT2D eigenvalue weighted by Crippen LogP contribution is -2.25. The van der Waals surface area contributed by atoms with Gasteiger partial charge in [-0.05, 0) is 18.6 Å². The predicted molar refractivity (Wildman–Crippen MR) is 54.1 cm³/mol. The summed E-state index contributed by atoms with van der Waals surface area (Å²) in [5, 5.41) is 0.000139. The van der Waals surface area contributed by atoms with Crippen LogP contribution in [0.3, 0.4) is 0 Å². The van der Waals surface area contributed by atoms with Gasteiger partial charge in [0.15, 0.2) is 5.03 Å². The molecule has 5 nitrogen and oxygen atoms in total. The normalized spacial score (nSPS) is 11.5. The molecule has 3 N–H and O–H groups in total. The minimum atomic E-state index is -3.46. The van der Waals surface area contributed by atoms with Crippen LogP contribution in [-0.2, 0) is 10.0 Å². The van der Waals surface area contributed by atoms with Crippen LogP contribution in [0.1, 0.15) is 13.3 Å². The number of anilines is 1. The zero-order valence-corrected chi connectivity index (χ0v) is 8.71. The van der Waals surface area contributed by atoms with Crippen molar-refractivity contribution in [2.24, 2.45) is 0 Å². The molecule has 1 heterocycles. The molecular weight excluding hydrogens is 202 g/mol. The van der Waals surface area contributed by atoms with E-state index in [2.05, 4.69) is 9.71 Å². The van der Waals surface area contributed by atoms with E-state index in [1.54, 1.807) is 0 Å². The number of aromatic nitrogens is 1. The van der Waals surface area contributed by atoms with Gasteiger partial charge in [0.05, 0.1) is 11.9 Å². The summed E-state index contributed by atoms with van der Waals surface area (Å²) in [4.78, 5) is 3.73. The first-order chi connectivity index (χ1) is 6.56. The zero-order valence-electron chi connectivity index (χ0n) is 7.90. The third-order valence-corrected chi connectivity index (χ3v) is 2.95. The third kappa shape index (κ3) is 2.68. The highest BCUT2D eigenvalue weighted by Gasteiger charge is 2.13. The van der Waals surface area contributed by atoms with Crippen molar-refractivity contribution in [1.29, 1.82) is 0 Å². The first-order valence-corrected chi connectivity index (χ1v) is 5.76. The first-order valence-electron chi connectivity index (χ1n) is 4.27. The molecule has 0 radical (unpaired) electrons. The smallest absolute Gasteiger partial charge is 0.258 e. The molecule has 0 spiro atoms. The molecule has 0 aromatic carbocycles. The Bertz CT molecular complexity index is 386. The molecule has 78 valence electrons. The third-order valence-electron chi connectivity index (χ3n) is 1.58. The van der Waals surface area contributed by atoms with Crippen molar-refractivity contribution in [3.05, 3.63) is 18.3 Å². The number of sulfonamides is 1. The average Bonchev–Trinajstić information content (AvgIpc) is 2.16. The maximum absolute atomic E-state index is 11.5. The van der Waals surface area contributed by atoms with Crippen molar-refractivity contribution in [3.8, 4) is 0 Å². The minimum absolute atomic E-state index is 0.000139. The summed E-state index contributed by atoms with van der Waals surface area (Å²) in [5.41, 5.74) is 5.84. The Morgan fingerprint density at radius 3 is 2.71 bits per heavy atom. The van der Waals surface area contributed by atoms with Gasteiger partial charge >= 0.3 is 0 Å². The molecule has 0 fully saturated rings. The maximum atomic E-state index is 11.5. The van der Waals surface area contributed by atoms with Crippen molar-refractivity contribution in [2.75, 3.05) is 12.3 Å². The molecule has 1 aromatic rings. The van der Waals surface area contributed by atoms with Crippen LogP contribution in [0.4, 0.5) is 5.69 Å². The molecule has 0 saturated heterocycles. The van der Waals surface area contributed by atoms with Crippen molar-refractivity contribution < 1.29 is 8.42 Å². The molecule has 6 heteroatoms. The van der Waals surface area contributed by atoms with Gasteiger partial charge in [-0.1, -0.05) is 6.92 Å². The number of nitrogens with two attached hydrogens (primary N) is 1. The van der Waals surface area contributed by atoms with Gasteiger partial charge < -0.3 is 5.73 Å². The second-order valence-corrected chi connectivity index (χ2v) is 4.54. The Kier molecular flexibility index (Phi) is 3.43. The van der Waals surface area contributed by atoms with E-state index in [-0.39, 0.29) is 5.03 Å². The fraction of sp³-hybridized carbons (Fsp3) is 0.375. The molecule has 0 amide bonds. The van der Waals surface area contributed by atoms with Crippen LogP contribution in [0, 0.1) is 0 Å². The molecule has 0 bridgehead atoms. The molecule has 1 rings (SSSR count). The summed E-state index contributed by atoms with van der Waals surface area (Å²) in [6.07, 6.45) is 2.06. The van der Waals surface area contributed by atoms with Gasteiger partial charge in [-0.3, -0.25) is 0 Å². The Balaban J connectivity index is 2.87. The molecule has 14 heavy (non-hydrogen) atoms. The predicted octanol–water partition coefficient (Wildman–Crippen LogP) is 0.352. The molecular formula is C8H13N3O2S. The molecule has 0 saturated carbocycles.